The minimum atomic E-state index is -0.486. The van der Waals surface area contributed by atoms with E-state index in [0.717, 1.165) is 5.56 Å². The molecule has 0 amide bonds. The van der Waals surface area contributed by atoms with E-state index in [1.165, 1.54) is 12.1 Å². The minimum Gasteiger partial charge on any atom is -0.374 e. The summed E-state index contributed by atoms with van der Waals surface area (Å²) in [4.78, 5) is 11.4. The molecule has 0 atom stereocenters. The van der Waals surface area contributed by atoms with Crippen LogP contribution in [-0.4, -0.2) is 19.0 Å². The van der Waals surface area contributed by atoms with Crippen molar-refractivity contribution in [2.24, 2.45) is 0 Å². The first-order valence-electron chi connectivity index (χ1n) is 4.52. The molecule has 0 aromatic heterocycles. The molecule has 0 radical (unpaired) electrons. The van der Waals surface area contributed by atoms with E-state index in [1.807, 2.05) is 6.92 Å². The third-order valence-corrected chi connectivity index (χ3v) is 1.86. The molecule has 0 spiro atoms. The lowest BCUT2D eigenvalue weighted by molar-refractivity contribution is 0.0779. The zero-order chi connectivity index (χ0) is 10.6. The van der Waals surface area contributed by atoms with Gasteiger partial charge in [0.2, 0.25) is 0 Å². The minimum absolute atomic E-state index is 0.0587. The Morgan fingerprint density at radius 3 is 2.86 bits per heavy atom. The van der Waals surface area contributed by atoms with Gasteiger partial charge in [-0.25, -0.2) is 4.39 Å². The molecule has 2 nitrogen and oxygen atoms in total. The van der Waals surface area contributed by atoms with Gasteiger partial charge < -0.3 is 4.74 Å². The summed E-state index contributed by atoms with van der Waals surface area (Å²) in [5, 5.41) is 0. The van der Waals surface area contributed by atoms with E-state index in [9.17, 15) is 9.18 Å². The molecule has 0 bridgehead atoms. The topological polar surface area (TPSA) is 26.3 Å². The highest BCUT2D eigenvalue weighted by Crippen LogP contribution is 2.10. The van der Waals surface area contributed by atoms with Crippen LogP contribution in [0.15, 0.2) is 18.2 Å². The van der Waals surface area contributed by atoms with Crippen molar-refractivity contribution in [3.8, 4) is 0 Å². The van der Waals surface area contributed by atoms with E-state index >= 15 is 0 Å². The lowest BCUT2D eigenvalue weighted by Gasteiger charge is -2.03. The number of ketones is 1. The maximum atomic E-state index is 13.2. The van der Waals surface area contributed by atoms with Gasteiger partial charge in [-0.2, -0.15) is 0 Å². The smallest absolute Gasteiger partial charge is 0.191 e. The van der Waals surface area contributed by atoms with Gasteiger partial charge in [-0.05, 0) is 26.0 Å². The van der Waals surface area contributed by atoms with E-state index in [2.05, 4.69) is 0 Å². The summed E-state index contributed by atoms with van der Waals surface area (Å²) in [7, 11) is 0. The van der Waals surface area contributed by atoms with Crippen molar-refractivity contribution >= 4 is 5.78 Å². The number of aryl methyl sites for hydroxylation is 1. The highest BCUT2D eigenvalue weighted by Gasteiger charge is 2.11. The van der Waals surface area contributed by atoms with E-state index in [0.29, 0.717) is 6.61 Å². The Bertz CT molecular complexity index is 334. The standard InChI is InChI=1S/C11H13FO2/c1-3-14-7-11(13)9-6-8(2)4-5-10(9)12/h4-6H,3,7H2,1-2H3. The van der Waals surface area contributed by atoms with Crippen molar-refractivity contribution in [3.63, 3.8) is 0 Å². The molecule has 1 aromatic rings. The second kappa shape index (κ2) is 4.86. The van der Waals surface area contributed by atoms with Crippen molar-refractivity contribution in [1.82, 2.24) is 0 Å². The van der Waals surface area contributed by atoms with Crippen LogP contribution in [0.1, 0.15) is 22.8 Å². The molecular formula is C11H13FO2. The van der Waals surface area contributed by atoms with Crippen LogP contribution in [0.2, 0.25) is 0 Å². The van der Waals surface area contributed by atoms with Crippen LogP contribution in [0.3, 0.4) is 0 Å². The normalized spacial score (nSPS) is 10.2. The fraction of sp³-hybridized carbons (Fsp3) is 0.364. The third-order valence-electron chi connectivity index (χ3n) is 1.86. The molecule has 0 heterocycles. The summed E-state index contributed by atoms with van der Waals surface area (Å²) < 4.78 is 18.1. The summed E-state index contributed by atoms with van der Waals surface area (Å²) in [5.41, 5.74) is 0.977. The SMILES string of the molecule is CCOCC(=O)c1cc(C)ccc1F. The first kappa shape index (κ1) is 10.9. The number of hydrogen-bond acceptors (Lipinski definition) is 2. The monoisotopic (exact) mass is 196 g/mol. The number of carbonyl (C=O) groups is 1. The second-order valence-electron chi connectivity index (χ2n) is 3.04. The molecule has 1 aromatic carbocycles. The van der Waals surface area contributed by atoms with Crippen LogP contribution in [-0.2, 0) is 4.74 Å². The van der Waals surface area contributed by atoms with Crippen LogP contribution in [0, 0.1) is 12.7 Å². The highest BCUT2D eigenvalue weighted by atomic mass is 19.1. The number of benzene rings is 1. The van der Waals surface area contributed by atoms with Gasteiger partial charge in [-0.15, -0.1) is 0 Å². The average molecular weight is 196 g/mol. The summed E-state index contributed by atoms with van der Waals surface area (Å²) in [6, 6.07) is 4.47. The Kier molecular flexibility index (Phi) is 3.77. The van der Waals surface area contributed by atoms with Crippen LogP contribution >= 0.6 is 0 Å². The van der Waals surface area contributed by atoms with E-state index in [1.54, 1.807) is 13.0 Å². The lowest BCUT2D eigenvalue weighted by atomic mass is 10.1. The molecule has 3 heteroatoms. The van der Waals surface area contributed by atoms with Gasteiger partial charge in [-0.3, -0.25) is 4.79 Å². The van der Waals surface area contributed by atoms with Gasteiger partial charge in [0.15, 0.2) is 5.78 Å². The van der Waals surface area contributed by atoms with E-state index < -0.39 is 5.82 Å². The second-order valence-corrected chi connectivity index (χ2v) is 3.04. The van der Waals surface area contributed by atoms with Crippen LogP contribution in [0.5, 0.6) is 0 Å². The summed E-state index contributed by atoms with van der Waals surface area (Å²) >= 11 is 0. The predicted octanol–water partition coefficient (Wildman–Crippen LogP) is 2.35. The molecule has 0 aliphatic heterocycles. The van der Waals surface area contributed by atoms with Gasteiger partial charge in [0.1, 0.15) is 12.4 Å². The number of carbonyl (C=O) groups excluding carboxylic acids is 1. The zero-order valence-corrected chi connectivity index (χ0v) is 8.34. The molecule has 0 N–H and O–H groups in total. The zero-order valence-electron chi connectivity index (χ0n) is 8.34. The quantitative estimate of drug-likeness (QED) is 0.691. The number of halogens is 1. The third kappa shape index (κ3) is 2.64. The van der Waals surface area contributed by atoms with Gasteiger partial charge in [0.05, 0.1) is 5.56 Å². The summed E-state index contributed by atoms with van der Waals surface area (Å²) in [6.07, 6.45) is 0. The fourth-order valence-corrected chi connectivity index (χ4v) is 1.13. The van der Waals surface area contributed by atoms with Crippen molar-refractivity contribution in [2.45, 2.75) is 13.8 Å². The lowest BCUT2D eigenvalue weighted by Crippen LogP contribution is -2.11. The van der Waals surface area contributed by atoms with Crippen molar-refractivity contribution < 1.29 is 13.9 Å². The highest BCUT2D eigenvalue weighted by molar-refractivity contribution is 5.97. The van der Waals surface area contributed by atoms with E-state index in [-0.39, 0.29) is 18.0 Å². The van der Waals surface area contributed by atoms with Crippen LogP contribution in [0.25, 0.3) is 0 Å². The fourth-order valence-electron chi connectivity index (χ4n) is 1.13. The Hall–Kier alpha value is -1.22. The molecular weight excluding hydrogens is 183 g/mol. The molecule has 76 valence electrons. The van der Waals surface area contributed by atoms with Gasteiger partial charge in [0.25, 0.3) is 0 Å². The van der Waals surface area contributed by atoms with Crippen molar-refractivity contribution in [1.29, 1.82) is 0 Å². The van der Waals surface area contributed by atoms with Gasteiger partial charge in [-0.1, -0.05) is 11.6 Å². The number of hydrogen-bond donors (Lipinski definition) is 0. The molecule has 0 unspecified atom stereocenters. The van der Waals surface area contributed by atoms with Gasteiger partial charge >= 0.3 is 0 Å². The Morgan fingerprint density at radius 1 is 1.50 bits per heavy atom. The molecule has 0 saturated carbocycles. The molecule has 0 fully saturated rings. The van der Waals surface area contributed by atoms with Crippen LogP contribution < -0.4 is 0 Å². The number of Topliss-reactive ketones (excluding diaryl/α,β-unsaturated/α-hetero) is 1. The molecule has 0 saturated heterocycles. The number of ether oxygens (including phenoxy) is 1. The molecule has 1 rings (SSSR count). The maximum absolute atomic E-state index is 13.2. The largest absolute Gasteiger partial charge is 0.374 e. The Balaban J connectivity index is 2.83. The van der Waals surface area contributed by atoms with Crippen molar-refractivity contribution in [3.05, 3.63) is 35.1 Å². The molecule has 14 heavy (non-hydrogen) atoms. The van der Waals surface area contributed by atoms with Crippen LogP contribution in [0.4, 0.5) is 4.39 Å². The molecule has 0 aliphatic carbocycles. The summed E-state index contributed by atoms with van der Waals surface area (Å²) in [5.74, 6) is -0.798. The van der Waals surface area contributed by atoms with Gasteiger partial charge in [0, 0.05) is 6.61 Å². The van der Waals surface area contributed by atoms with Crippen molar-refractivity contribution in [2.75, 3.05) is 13.2 Å². The van der Waals surface area contributed by atoms with E-state index in [4.69, 9.17) is 4.74 Å². The number of rotatable bonds is 4. The first-order valence-corrected chi connectivity index (χ1v) is 4.52. The maximum Gasteiger partial charge on any atom is 0.191 e. The Morgan fingerprint density at radius 2 is 2.21 bits per heavy atom. The predicted molar refractivity (Wildman–Crippen MR) is 52.0 cm³/mol. The molecule has 0 aliphatic rings. The first-order chi connectivity index (χ1) is 6.65. The summed E-state index contributed by atoms with van der Waals surface area (Å²) in [6.45, 7) is 4.01. The Labute approximate surface area is 82.7 Å². The average Bonchev–Trinajstić information content (AvgIpc) is 2.18.